The molecule has 6 nitrogen and oxygen atoms in total. The van der Waals surface area contributed by atoms with Gasteiger partial charge in [-0.15, -0.1) is 0 Å². The van der Waals surface area contributed by atoms with Crippen LogP contribution in [0.2, 0.25) is 0 Å². The minimum atomic E-state index is 0.0960. The highest BCUT2D eigenvalue weighted by molar-refractivity contribution is 7.09. The Kier molecular flexibility index (Phi) is 4.24. The number of anilines is 1. The van der Waals surface area contributed by atoms with Crippen molar-refractivity contribution in [3.8, 4) is 5.75 Å². The molecule has 2 heterocycles. The van der Waals surface area contributed by atoms with Crippen LogP contribution in [0.5, 0.6) is 5.75 Å². The fourth-order valence-electron chi connectivity index (χ4n) is 2.51. The maximum absolute atomic E-state index is 12.3. The molecule has 1 aliphatic rings. The number of hydrogen-bond donors (Lipinski definition) is 1. The van der Waals surface area contributed by atoms with E-state index in [1.807, 2.05) is 17.9 Å². The Bertz CT molecular complexity index is 665. The number of amides is 1. The van der Waals surface area contributed by atoms with E-state index in [2.05, 4.69) is 14.3 Å². The molecule has 0 saturated carbocycles. The second kappa shape index (κ2) is 6.31. The lowest BCUT2D eigenvalue weighted by Crippen LogP contribution is -2.49. The van der Waals surface area contributed by atoms with Crippen LogP contribution < -0.4 is 4.90 Å². The molecule has 0 atom stereocenters. The van der Waals surface area contributed by atoms with Crippen LogP contribution >= 0.6 is 11.5 Å². The topological polar surface area (TPSA) is 69.6 Å². The lowest BCUT2D eigenvalue weighted by atomic mass is 10.1. The van der Waals surface area contributed by atoms with E-state index in [4.69, 9.17) is 0 Å². The van der Waals surface area contributed by atoms with Gasteiger partial charge in [0.05, 0.1) is 6.42 Å². The SMILES string of the molecule is Cc1nsc(N2CCN(C(=O)Cc3cccc(O)c3)CC2)n1. The summed E-state index contributed by atoms with van der Waals surface area (Å²) in [6.45, 7) is 4.82. The van der Waals surface area contributed by atoms with Gasteiger partial charge in [-0.1, -0.05) is 12.1 Å². The first kappa shape index (κ1) is 14.8. The van der Waals surface area contributed by atoms with Crippen LogP contribution in [0.3, 0.4) is 0 Å². The average molecular weight is 318 g/mol. The minimum absolute atomic E-state index is 0.0960. The third-order valence-electron chi connectivity index (χ3n) is 3.69. The predicted molar refractivity (Wildman–Crippen MR) is 85.2 cm³/mol. The molecule has 1 aliphatic heterocycles. The third-order valence-corrected chi connectivity index (χ3v) is 4.55. The number of rotatable bonds is 3. The number of carbonyl (C=O) groups excluding carboxylic acids is 1. The van der Waals surface area contributed by atoms with E-state index < -0.39 is 0 Å². The molecule has 116 valence electrons. The number of aryl methyl sites for hydroxylation is 1. The molecule has 0 unspecified atom stereocenters. The van der Waals surface area contributed by atoms with Crippen molar-refractivity contribution in [2.45, 2.75) is 13.3 Å². The average Bonchev–Trinajstić information content (AvgIpc) is 2.94. The maximum atomic E-state index is 12.3. The second-order valence-corrected chi connectivity index (χ2v) is 6.07. The Balaban J connectivity index is 1.55. The van der Waals surface area contributed by atoms with Gasteiger partial charge >= 0.3 is 0 Å². The van der Waals surface area contributed by atoms with E-state index in [9.17, 15) is 9.90 Å². The molecule has 7 heteroatoms. The van der Waals surface area contributed by atoms with Gasteiger partial charge in [-0.25, -0.2) is 4.98 Å². The van der Waals surface area contributed by atoms with Gasteiger partial charge in [0.15, 0.2) is 0 Å². The van der Waals surface area contributed by atoms with Crippen LogP contribution in [0.15, 0.2) is 24.3 Å². The highest BCUT2D eigenvalue weighted by atomic mass is 32.1. The molecule has 1 saturated heterocycles. The number of aromatic nitrogens is 2. The van der Waals surface area contributed by atoms with Crippen molar-refractivity contribution < 1.29 is 9.90 Å². The summed E-state index contributed by atoms with van der Waals surface area (Å²) in [6.07, 6.45) is 0.326. The highest BCUT2D eigenvalue weighted by Gasteiger charge is 2.23. The molecule has 22 heavy (non-hydrogen) atoms. The Morgan fingerprint density at radius 3 is 2.73 bits per heavy atom. The molecule has 0 bridgehead atoms. The van der Waals surface area contributed by atoms with Crippen molar-refractivity contribution in [1.82, 2.24) is 14.3 Å². The molecule has 3 rings (SSSR count). The number of hydrogen-bond acceptors (Lipinski definition) is 6. The minimum Gasteiger partial charge on any atom is -0.508 e. The Hall–Kier alpha value is -2.15. The number of nitrogens with zero attached hydrogens (tertiary/aromatic N) is 4. The maximum Gasteiger partial charge on any atom is 0.227 e. The summed E-state index contributed by atoms with van der Waals surface area (Å²) < 4.78 is 4.19. The molecule has 1 fully saturated rings. The van der Waals surface area contributed by atoms with Gasteiger partial charge < -0.3 is 14.9 Å². The first-order chi connectivity index (χ1) is 10.6. The molecule has 0 spiro atoms. The zero-order valence-electron chi connectivity index (χ0n) is 12.4. The Morgan fingerprint density at radius 2 is 2.09 bits per heavy atom. The standard InChI is InChI=1S/C15H18N4O2S/c1-11-16-15(22-17-11)19-7-5-18(6-8-19)14(21)10-12-3-2-4-13(20)9-12/h2-4,9,20H,5-8,10H2,1H3. The van der Waals surface area contributed by atoms with Gasteiger partial charge in [-0.2, -0.15) is 4.37 Å². The lowest BCUT2D eigenvalue weighted by Gasteiger charge is -2.34. The van der Waals surface area contributed by atoms with Crippen molar-refractivity contribution in [3.63, 3.8) is 0 Å². The number of benzene rings is 1. The normalized spacial score (nSPS) is 15.1. The number of aromatic hydroxyl groups is 1. The molecule has 1 aromatic heterocycles. The van der Waals surface area contributed by atoms with Gasteiger partial charge in [0, 0.05) is 37.7 Å². The quantitative estimate of drug-likeness (QED) is 0.927. The first-order valence-electron chi connectivity index (χ1n) is 7.23. The summed E-state index contributed by atoms with van der Waals surface area (Å²) in [6, 6.07) is 6.86. The number of carbonyl (C=O) groups is 1. The summed E-state index contributed by atoms with van der Waals surface area (Å²) in [5.41, 5.74) is 0.840. The third kappa shape index (κ3) is 3.36. The second-order valence-electron chi connectivity index (χ2n) is 5.34. The zero-order chi connectivity index (χ0) is 15.5. The summed E-state index contributed by atoms with van der Waals surface area (Å²) in [5, 5.41) is 10.4. The molecule has 1 aromatic carbocycles. The van der Waals surface area contributed by atoms with Crippen molar-refractivity contribution in [1.29, 1.82) is 0 Å². The molecular formula is C15H18N4O2S. The van der Waals surface area contributed by atoms with Gasteiger partial charge in [-0.05, 0) is 24.6 Å². The van der Waals surface area contributed by atoms with E-state index in [1.165, 1.54) is 11.5 Å². The smallest absolute Gasteiger partial charge is 0.227 e. The van der Waals surface area contributed by atoms with E-state index in [1.54, 1.807) is 18.2 Å². The monoisotopic (exact) mass is 318 g/mol. The van der Waals surface area contributed by atoms with Crippen molar-refractivity contribution >= 4 is 22.6 Å². The van der Waals surface area contributed by atoms with Crippen molar-refractivity contribution in [3.05, 3.63) is 35.7 Å². The predicted octanol–water partition coefficient (Wildman–Crippen LogP) is 1.44. The van der Waals surface area contributed by atoms with Gasteiger partial charge in [-0.3, -0.25) is 4.79 Å². The Labute approximate surface area is 133 Å². The van der Waals surface area contributed by atoms with Crippen LogP contribution in [-0.4, -0.2) is 51.5 Å². The molecule has 1 N–H and O–H groups in total. The number of phenols is 1. The largest absolute Gasteiger partial charge is 0.508 e. The summed E-state index contributed by atoms with van der Waals surface area (Å²) in [4.78, 5) is 20.7. The highest BCUT2D eigenvalue weighted by Crippen LogP contribution is 2.19. The van der Waals surface area contributed by atoms with Crippen LogP contribution in [0.25, 0.3) is 0 Å². The van der Waals surface area contributed by atoms with E-state index in [0.717, 1.165) is 29.6 Å². The molecule has 2 aromatic rings. The summed E-state index contributed by atoms with van der Waals surface area (Å²) >= 11 is 1.40. The Morgan fingerprint density at radius 1 is 1.32 bits per heavy atom. The van der Waals surface area contributed by atoms with E-state index in [-0.39, 0.29) is 11.7 Å². The molecular weight excluding hydrogens is 300 g/mol. The van der Waals surface area contributed by atoms with Gasteiger partial charge in [0.1, 0.15) is 11.6 Å². The fourth-order valence-corrected chi connectivity index (χ4v) is 3.24. The molecule has 0 aliphatic carbocycles. The van der Waals surface area contributed by atoms with Crippen LogP contribution in [0, 0.1) is 6.92 Å². The van der Waals surface area contributed by atoms with Gasteiger partial charge in [0.2, 0.25) is 11.0 Å². The lowest BCUT2D eigenvalue weighted by molar-refractivity contribution is -0.130. The number of piperazine rings is 1. The first-order valence-corrected chi connectivity index (χ1v) is 8.00. The van der Waals surface area contributed by atoms with Gasteiger partial charge in [0.25, 0.3) is 0 Å². The fraction of sp³-hybridized carbons (Fsp3) is 0.400. The number of phenolic OH excluding ortho intramolecular Hbond substituents is 1. The summed E-state index contributed by atoms with van der Waals surface area (Å²) in [7, 11) is 0. The van der Waals surface area contributed by atoms with Crippen LogP contribution in [-0.2, 0) is 11.2 Å². The molecule has 0 radical (unpaired) electrons. The van der Waals surface area contributed by atoms with Crippen molar-refractivity contribution in [2.24, 2.45) is 0 Å². The van der Waals surface area contributed by atoms with E-state index >= 15 is 0 Å². The summed E-state index contributed by atoms with van der Waals surface area (Å²) in [5.74, 6) is 1.09. The zero-order valence-corrected chi connectivity index (χ0v) is 13.2. The van der Waals surface area contributed by atoms with Crippen LogP contribution in [0.1, 0.15) is 11.4 Å². The van der Waals surface area contributed by atoms with Crippen LogP contribution in [0.4, 0.5) is 5.13 Å². The molecule has 1 amide bonds. The van der Waals surface area contributed by atoms with Crippen molar-refractivity contribution in [2.75, 3.05) is 31.1 Å². The van der Waals surface area contributed by atoms with E-state index in [0.29, 0.717) is 19.5 Å².